The molecule has 0 saturated carbocycles. The molecule has 0 aliphatic heterocycles. The molecule has 1 nitrogen and oxygen atoms in total. The summed E-state index contributed by atoms with van der Waals surface area (Å²) in [5.74, 6) is -4.34. The number of aliphatic hydroxyl groups excluding tert-OH is 1. The Labute approximate surface area is 110 Å². The molecule has 0 spiro atoms. The van der Waals surface area contributed by atoms with E-state index < -0.39 is 42.5 Å². The molecule has 0 radical (unpaired) electrons. The molecule has 0 aliphatic rings. The fourth-order valence-electron chi connectivity index (χ4n) is 1.52. The van der Waals surface area contributed by atoms with Crippen LogP contribution in [0.1, 0.15) is 5.56 Å². The van der Waals surface area contributed by atoms with Crippen molar-refractivity contribution in [3.63, 3.8) is 0 Å². The summed E-state index contributed by atoms with van der Waals surface area (Å²) in [6, 6.07) is 5.27. The van der Waals surface area contributed by atoms with Crippen LogP contribution in [0.25, 0.3) is 0 Å². The van der Waals surface area contributed by atoms with Crippen molar-refractivity contribution in [1.82, 2.24) is 0 Å². The zero-order valence-corrected chi connectivity index (χ0v) is 9.87. The third-order valence-corrected chi connectivity index (χ3v) is 2.68. The minimum absolute atomic E-state index is 0.812. The summed E-state index contributed by atoms with van der Waals surface area (Å²) >= 11 is 0. The SMILES string of the molecule is OC(C(F)C(F)C(F)F)C(F)C(F)(F)c1ccccc1. The van der Waals surface area contributed by atoms with Crippen molar-refractivity contribution in [2.24, 2.45) is 0 Å². The zero-order valence-electron chi connectivity index (χ0n) is 9.87. The lowest BCUT2D eigenvalue weighted by atomic mass is 9.96. The third-order valence-electron chi connectivity index (χ3n) is 2.68. The number of rotatable bonds is 6. The maximum absolute atomic E-state index is 13.6. The number of alkyl halides is 7. The fourth-order valence-corrected chi connectivity index (χ4v) is 1.52. The first-order chi connectivity index (χ1) is 9.19. The van der Waals surface area contributed by atoms with Crippen LogP contribution in [-0.4, -0.2) is 36.2 Å². The molecule has 4 atom stereocenters. The van der Waals surface area contributed by atoms with Gasteiger partial charge in [-0.2, -0.15) is 8.78 Å². The highest BCUT2D eigenvalue weighted by Crippen LogP contribution is 2.37. The smallest absolute Gasteiger partial charge is 0.306 e. The molecule has 0 saturated heterocycles. The van der Waals surface area contributed by atoms with Gasteiger partial charge in [-0.25, -0.2) is 22.0 Å². The van der Waals surface area contributed by atoms with Crippen LogP contribution in [0, 0.1) is 0 Å². The van der Waals surface area contributed by atoms with Crippen molar-refractivity contribution in [1.29, 1.82) is 0 Å². The van der Waals surface area contributed by atoms with Crippen LogP contribution in [-0.2, 0) is 5.92 Å². The van der Waals surface area contributed by atoms with Crippen molar-refractivity contribution < 1.29 is 35.8 Å². The standard InChI is InChI=1S/C12H11F7O/c13-7(8(14)11(16)17)9(20)10(15)12(18,19)6-4-2-1-3-5-6/h1-5,7-11,20H. The largest absolute Gasteiger partial charge is 0.387 e. The summed E-state index contributed by atoms with van der Waals surface area (Å²) in [6.07, 6.45) is -17.6. The van der Waals surface area contributed by atoms with Gasteiger partial charge in [0.2, 0.25) is 0 Å². The van der Waals surface area contributed by atoms with E-state index in [-0.39, 0.29) is 0 Å². The van der Waals surface area contributed by atoms with Crippen molar-refractivity contribution in [2.75, 3.05) is 0 Å². The lowest BCUT2D eigenvalue weighted by Gasteiger charge is -2.27. The summed E-state index contributed by atoms with van der Waals surface area (Å²) in [4.78, 5) is 0. The third kappa shape index (κ3) is 3.41. The van der Waals surface area contributed by atoms with E-state index in [0.717, 1.165) is 24.3 Å². The van der Waals surface area contributed by atoms with E-state index in [9.17, 15) is 30.7 Å². The highest BCUT2D eigenvalue weighted by atomic mass is 19.3. The average Bonchev–Trinajstić information content (AvgIpc) is 2.44. The molecule has 20 heavy (non-hydrogen) atoms. The highest BCUT2D eigenvalue weighted by Gasteiger charge is 2.51. The maximum Gasteiger partial charge on any atom is 0.306 e. The van der Waals surface area contributed by atoms with Crippen LogP contribution in [0.3, 0.4) is 0 Å². The molecule has 0 fully saturated rings. The van der Waals surface area contributed by atoms with Gasteiger partial charge < -0.3 is 5.11 Å². The van der Waals surface area contributed by atoms with E-state index in [0.29, 0.717) is 0 Å². The van der Waals surface area contributed by atoms with E-state index in [1.165, 1.54) is 6.07 Å². The molecule has 1 N–H and O–H groups in total. The van der Waals surface area contributed by atoms with Gasteiger partial charge in [0.25, 0.3) is 6.43 Å². The van der Waals surface area contributed by atoms with Gasteiger partial charge in [-0.15, -0.1) is 0 Å². The molecular weight excluding hydrogens is 293 g/mol. The molecule has 1 aromatic carbocycles. The predicted molar refractivity (Wildman–Crippen MR) is 57.0 cm³/mol. The van der Waals surface area contributed by atoms with Crippen LogP contribution in [0.4, 0.5) is 30.7 Å². The van der Waals surface area contributed by atoms with Gasteiger partial charge in [-0.05, 0) is 0 Å². The van der Waals surface area contributed by atoms with Crippen LogP contribution in [0.5, 0.6) is 0 Å². The van der Waals surface area contributed by atoms with Gasteiger partial charge >= 0.3 is 5.92 Å². The van der Waals surface area contributed by atoms with Crippen LogP contribution < -0.4 is 0 Å². The molecule has 0 aliphatic carbocycles. The molecule has 8 heteroatoms. The Morgan fingerprint density at radius 3 is 1.80 bits per heavy atom. The number of benzene rings is 1. The van der Waals surface area contributed by atoms with Gasteiger partial charge in [0.15, 0.2) is 18.5 Å². The van der Waals surface area contributed by atoms with Crippen molar-refractivity contribution in [3.05, 3.63) is 35.9 Å². The van der Waals surface area contributed by atoms with Crippen molar-refractivity contribution in [2.45, 2.75) is 37.0 Å². The lowest BCUT2D eigenvalue weighted by Crippen LogP contribution is -2.47. The Kier molecular flexibility index (Phi) is 5.38. The van der Waals surface area contributed by atoms with E-state index in [4.69, 9.17) is 5.11 Å². The number of hydrogen-bond donors (Lipinski definition) is 1. The summed E-state index contributed by atoms with van der Waals surface area (Å²) in [7, 11) is 0. The van der Waals surface area contributed by atoms with Crippen molar-refractivity contribution >= 4 is 0 Å². The summed E-state index contributed by atoms with van der Waals surface area (Å²) in [5, 5.41) is 9.00. The molecule has 0 bridgehead atoms. The number of aliphatic hydroxyl groups is 1. The molecule has 1 aromatic rings. The lowest BCUT2D eigenvalue weighted by molar-refractivity contribution is -0.153. The van der Waals surface area contributed by atoms with E-state index in [1.807, 2.05) is 0 Å². The summed E-state index contributed by atoms with van der Waals surface area (Å²) in [6.45, 7) is 0. The van der Waals surface area contributed by atoms with Gasteiger partial charge in [-0.1, -0.05) is 30.3 Å². The Morgan fingerprint density at radius 1 is 0.850 bits per heavy atom. The highest BCUT2D eigenvalue weighted by molar-refractivity contribution is 5.22. The zero-order chi connectivity index (χ0) is 15.5. The van der Waals surface area contributed by atoms with Gasteiger partial charge in [-0.3, -0.25) is 0 Å². The second-order valence-electron chi connectivity index (χ2n) is 4.10. The quantitative estimate of drug-likeness (QED) is 0.799. The van der Waals surface area contributed by atoms with E-state index in [2.05, 4.69) is 0 Å². The first-order valence-electron chi connectivity index (χ1n) is 5.51. The van der Waals surface area contributed by atoms with E-state index in [1.54, 1.807) is 0 Å². The second-order valence-corrected chi connectivity index (χ2v) is 4.10. The minimum Gasteiger partial charge on any atom is -0.387 e. The Balaban J connectivity index is 2.90. The minimum atomic E-state index is -4.34. The molecule has 1 rings (SSSR count). The molecule has 114 valence electrons. The van der Waals surface area contributed by atoms with Gasteiger partial charge in [0, 0.05) is 5.56 Å². The van der Waals surface area contributed by atoms with Gasteiger partial charge in [0.1, 0.15) is 6.10 Å². The monoisotopic (exact) mass is 304 g/mol. The Hall–Kier alpha value is -1.31. The van der Waals surface area contributed by atoms with E-state index >= 15 is 0 Å². The Bertz CT molecular complexity index is 412. The summed E-state index contributed by atoms with van der Waals surface area (Å²) in [5.41, 5.74) is -0.883. The fraction of sp³-hybridized carbons (Fsp3) is 0.500. The van der Waals surface area contributed by atoms with Crippen LogP contribution in [0.2, 0.25) is 0 Å². The van der Waals surface area contributed by atoms with Gasteiger partial charge in [0.05, 0.1) is 0 Å². The average molecular weight is 304 g/mol. The molecular formula is C12H11F7O. The Morgan fingerprint density at radius 2 is 1.35 bits per heavy atom. The molecule has 0 aromatic heterocycles. The number of hydrogen-bond acceptors (Lipinski definition) is 1. The van der Waals surface area contributed by atoms with Crippen molar-refractivity contribution in [3.8, 4) is 0 Å². The van der Waals surface area contributed by atoms with Crippen LogP contribution >= 0.6 is 0 Å². The van der Waals surface area contributed by atoms with Crippen LogP contribution in [0.15, 0.2) is 30.3 Å². The topological polar surface area (TPSA) is 20.2 Å². The number of halogens is 7. The first-order valence-corrected chi connectivity index (χ1v) is 5.51. The normalized spacial score (nSPS) is 18.6. The molecule has 4 unspecified atom stereocenters. The molecule has 0 amide bonds. The summed E-state index contributed by atoms with van der Waals surface area (Å²) < 4.78 is 90.2. The maximum atomic E-state index is 13.6. The second kappa shape index (κ2) is 6.43. The predicted octanol–water partition coefficient (Wildman–Crippen LogP) is 3.42. The first kappa shape index (κ1) is 16.7. The molecule has 0 heterocycles.